The van der Waals surface area contributed by atoms with Gasteiger partial charge in [-0.3, -0.25) is 4.79 Å². The molecule has 1 aromatic heterocycles. The van der Waals surface area contributed by atoms with Gasteiger partial charge in [-0.25, -0.2) is 0 Å². The number of hydrogen-bond acceptors (Lipinski definition) is 4. The van der Waals surface area contributed by atoms with E-state index < -0.39 is 5.91 Å². The van der Waals surface area contributed by atoms with Crippen molar-refractivity contribution in [3.8, 4) is 11.6 Å². The van der Waals surface area contributed by atoms with Crippen LogP contribution in [0.15, 0.2) is 57.2 Å². The van der Waals surface area contributed by atoms with E-state index >= 15 is 0 Å². The van der Waals surface area contributed by atoms with Gasteiger partial charge in [0.15, 0.2) is 12.3 Å². The smallest absolute Gasteiger partial charge is 0.302 e. The Morgan fingerprint density at radius 2 is 2.08 bits per heavy atom. The first-order valence-electron chi connectivity index (χ1n) is 7.74. The fourth-order valence-corrected chi connectivity index (χ4v) is 2.91. The van der Waals surface area contributed by atoms with Crippen molar-refractivity contribution < 1.29 is 14.6 Å². The number of fused-ring (bicyclic) bond motifs is 1. The van der Waals surface area contributed by atoms with Crippen molar-refractivity contribution in [1.29, 1.82) is 0 Å². The van der Waals surface area contributed by atoms with Crippen LogP contribution < -0.4 is 4.74 Å². The molecule has 25 heavy (non-hydrogen) atoms. The second kappa shape index (κ2) is 7.48. The van der Waals surface area contributed by atoms with Crippen LogP contribution in [0.5, 0.6) is 11.6 Å². The average Bonchev–Trinajstić information content (AvgIpc) is 2.94. The molecule has 0 radical (unpaired) electrons. The van der Waals surface area contributed by atoms with Crippen molar-refractivity contribution in [2.45, 2.75) is 13.3 Å². The van der Waals surface area contributed by atoms with Crippen LogP contribution in [0.4, 0.5) is 5.69 Å². The monoisotopic (exact) mass is 401 g/mol. The first-order chi connectivity index (χ1) is 12.1. The van der Waals surface area contributed by atoms with E-state index in [9.17, 15) is 9.90 Å². The second-order valence-corrected chi connectivity index (χ2v) is 6.22. The lowest BCUT2D eigenvalue weighted by Crippen LogP contribution is -2.08. The van der Waals surface area contributed by atoms with Crippen LogP contribution in [-0.2, 0) is 11.2 Å². The quantitative estimate of drug-likeness (QED) is 0.596. The molecule has 0 saturated carbocycles. The molecule has 3 rings (SSSR count). The number of carbonyl (C=O) groups is 1. The number of benzene rings is 2. The summed E-state index contributed by atoms with van der Waals surface area (Å²) in [6.07, 6.45) is 0.917. The first-order valence-corrected chi connectivity index (χ1v) is 8.53. The third kappa shape index (κ3) is 3.88. The van der Waals surface area contributed by atoms with Crippen LogP contribution in [0.2, 0.25) is 0 Å². The lowest BCUT2D eigenvalue weighted by Gasteiger charge is -2.07. The van der Waals surface area contributed by atoms with E-state index in [2.05, 4.69) is 38.1 Å². The Hall–Kier alpha value is -2.67. The van der Waals surface area contributed by atoms with Crippen LogP contribution in [-0.4, -0.2) is 22.6 Å². The Kier molecular flexibility index (Phi) is 5.14. The van der Waals surface area contributed by atoms with Crippen molar-refractivity contribution in [3.05, 3.63) is 52.5 Å². The molecule has 3 aromatic rings. The van der Waals surface area contributed by atoms with E-state index in [1.807, 2.05) is 24.3 Å². The summed E-state index contributed by atoms with van der Waals surface area (Å²) in [6, 6.07) is 12.9. The maximum absolute atomic E-state index is 11.9. The zero-order valence-corrected chi connectivity index (χ0v) is 15.1. The number of rotatable bonds is 5. The summed E-state index contributed by atoms with van der Waals surface area (Å²) < 4.78 is 6.25. The minimum atomic E-state index is -0.545. The molecule has 1 amide bonds. The van der Waals surface area contributed by atoms with Crippen molar-refractivity contribution >= 4 is 38.4 Å². The number of hydrogen-bond donors (Lipinski definition) is 2. The summed E-state index contributed by atoms with van der Waals surface area (Å²) >= 11 is 3.42. The maximum Gasteiger partial charge on any atom is 0.302 e. The van der Waals surface area contributed by atoms with Gasteiger partial charge < -0.3 is 14.8 Å². The molecule has 0 aliphatic heterocycles. The molecule has 0 spiro atoms. The molecule has 0 aliphatic rings. The number of ether oxygens (including phenoxy) is 1. The van der Waals surface area contributed by atoms with E-state index in [-0.39, 0.29) is 18.2 Å². The van der Waals surface area contributed by atoms with E-state index in [0.29, 0.717) is 11.1 Å². The van der Waals surface area contributed by atoms with Crippen LogP contribution in [0.25, 0.3) is 10.9 Å². The zero-order valence-electron chi connectivity index (χ0n) is 13.5. The molecule has 0 unspecified atom stereocenters. The number of aromatic hydroxyl groups is 1. The number of carbonyl (C=O) groups excluding carboxylic acids is 1. The Balaban J connectivity index is 1.68. The van der Waals surface area contributed by atoms with Crippen molar-refractivity contribution in [1.82, 2.24) is 4.98 Å². The summed E-state index contributed by atoms with van der Waals surface area (Å²) in [6.45, 7) is 1.82. The van der Waals surface area contributed by atoms with E-state index in [0.717, 1.165) is 16.4 Å². The summed E-state index contributed by atoms with van der Waals surface area (Å²) in [4.78, 5) is 14.7. The lowest BCUT2D eigenvalue weighted by molar-refractivity contribution is -0.120. The van der Waals surface area contributed by atoms with Gasteiger partial charge in [0.25, 0.3) is 0 Å². The predicted molar refractivity (Wildman–Crippen MR) is 98.5 cm³/mol. The number of azo groups is 1. The summed E-state index contributed by atoms with van der Waals surface area (Å²) in [5, 5.41) is 18.1. The molecule has 7 heteroatoms. The predicted octanol–water partition coefficient (Wildman–Crippen LogP) is 4.89. The molecule has 0 saturated heterocycles. The summed E-state index contributed by atoms with van der Waals surface area (Å²) in [5.74, 6) is -0.108. The highest BCUT2D eigenvalue weighted by Gasteiger charge is 2.11. The number of aryl methyl sites for hydroxylation is 1. The van der Waals surface area contributed by atoms with Gasteiger partial charge in [0.05, 0.1) is 9.99 Å². The number of nitrogens with one attached hydrogen (secondary N) is 1. The number of nitrogens with zero attached hydrogens (tertiary/aromatic N) is 2. The molecular weight excluding hydrogens is 386 g/mol. The average molecular weight is 402 g/mol. The molecule has 0 fully saturated rings. The number of halogens is 1. The van der Waals surface area contributed by atoms with Crippen LogP contribution in [0, 0.1) is 0 Å². The highest BCUT2D eigenvalue weighted by atomic mass is 79.9. The van der Waals surface area contributed by atoms with E-state index in [4.69, 9.17) is 4.74 Å². The number of aromatic amines is 1. The van der Waals surface area contributed by atoms with Gasteiger partial charge in [0.2, 0.25) is 5.88 Å². The highest BCUT2D eigenvalue weighted by Crippen LogP contribution is 2.35. The molecule has 0 aliphatic carbocycles. The third-order valence-corrected chi connectivity index (χ3v) is 4.30. The lowest BCUT2D eigenvalue weighted by atomic mass is 10.2. The normalized spacial score (nSPS) is 11.3. The van der Waals surface area contributed by atoms with Gasteiger partial charge in [-0.1, -0.05) is 31.2 Å². The van der Waals surface area contributed by atoms with Crippen molar-refractivity contribution in [2.75, 3.05) is 6.61 Å². The number of para-hydroxylation sites is 1. The van der Waals surface area contributed by atoms with Crippen molar-refractivity contribution in [2.24, 2.45) is 10.2 Å². The summed E-state index contributed by atoms with van der Waals surface area (Å²) in [5.41, 5.74) is 2.12. The Labute approximate surface area is 152 Å². The fraction of sp³-hybridized carbons (Fsp3) is 0.167. The molecule has 0 bridgehead atoms. The first kappa shape index (κ1) is 17.2. The highest BCUT2D eigenvalue weighted by molar-refractivity contribution is 9.10. The standard InChI is InChI=1S/C18H16BrN3O3/c1-2-11-7-8-15(13(19)9-11)25-10-16(23)21-22-17-12-5-3-4-6-14(12)20-18(17)24/h3-9,20,24H,2,10H2,1H3. The van der Waals surface area contributed by atoms with Gasteiger partial charge in [0.1, 0.15) is 5.75 Å². The molecular formula is C18H16BrN3O3. The summed E-state index contributed by atoms with van der Waals surface area (Å²) in [7, 11) is 0. The van der Waals surface area contributed by atoms with Gasteiger partial charge >= 0.3 is 5.91 Å². The largest absolute Gasteiger partial charge is 0.493 e. The number of amides is 1. The van der Waals surface area contributed by atoms with Crippen molar-refractivity contribution in [3.63, 3.8) is 0 Å². The molecule has 2 N–H and O–H groups in total. The Morgan fingerprint density at radius 1 is 1.28 bits per heavy atom. The minimum Gasteiger partial charge on any atom is -0.493 e. The minimum absolute atomic E-state index is 0.128. The Morgan fingerprint density at radius 3 is 2.84 bits per heavy atom. The molecule has 6 nitrogen and oxygen atoms in total. The molecule has 2 aromatic carbocycles. The fourth-order valence-electron chi connectivity index (χ4n) is 2.37. The van der Waals surface area contributed by atoms with Gasteiger partial charge in [0, 0.05) is 5.39 Å². The zero-order chi connectivity index (χ0) is 17.8. The number of H-pyrrole nitrogens is 1. The van der Waals surface area contributed by atoms with Crippen LogP contribution in [0.3, 0.4) is 0 Å². The molecule has 1 heterocycles. The number of aromatic nitrogens is 1. The van der Waals surface area contributed by atoms with E-state index in [1.165, 1.54) is 5.56 Å². The van der Waals surface area contributed by atoms with Gasteiger partial charge in [-0.15, -0.1) is 10.2 Å². The molecule has 128 valence electrons. The van der Waals surface area contributed by atoms with Crippen LogP contribution in [0.1, 0.15) is 12.5 Å². The van der Waals surface area contributed by atoms with E-state index in [1.54, 1.807) is 18.2 Å². The van der Waals surface area contributed by atoms with Crippen LogP contribution >= 0.6 is 15.9 Å². The topological polar surface area (TPSA) is 87.0 Å². The van der Waals surface area contributed by atoms with Gasteiger partial charge in [-0.05, 0) is 46.1 Å². The van der Waals surface area contributed by atoms with Gasteiger partial charge in [-0.2, -0.15) is 0 Å². The SMILES string of the molecule is CCc1ccc(OCC(=O)N=Nc2c(O)[nH]c3ccccc23)c(Br)c1. The third-order valence-electron chi connectivity index (χ3n) is 3.68. The molecule has 0 atom stereocenters. The Bertz CT molecular complexity index is 950. The maximum atomic E-state index is 11.9. The second-order valence-electron chi connectivity index (χ2n) is 5.37.